The van der Waals surface area contributed by atoms with Crippen LogP contribution in [0, 0.1) is 0 Å². The molecule has 1 aromatic rings. The van der Waals surface area contributed by atoms with Crippen molar-refractivity contribution in [1.82, 2.24) is 10.6 Å². The Kier molecular flexibility index (Phi) is 4.87. The van der Waals surface area contributed by atoms with Crippen molar-refractivity contribution >= 4 is 17.9 Å². The van der Waals surface area contributed by atoms with Crippen LogP contribution in [0.4, 0.5) is 4.79 Å². The summed E-state index contributed by atoms with van der Waals surface area (Å²) in [5.41, 5.74) is 0.192. The number of benzene rings is 1. The lowest BCUT2D eigenvalue weighted by Crippen LogP contribution is -2.43. The van der Waals surface area contributed by atoms with Gasteiger partial charge in [0, 0.05) is 7.05 Å². The molecule has 7 heteroatoms. The van der Waals surface area contributed by atoms with Gasteiger partial charge in [-0.3, -0.25) is 10.1 Å². The first-order chi connectivity index (χ1) is 8.93. The number of phenolic OH excluding ortho intramolecular Hbond substituents is 1. The third kappa shape index (κ3) is 4.30. The van der Waals surface area contributed by atoms with E-state index in [0.29, 0.717) is 0 Å². The fourth-order valence-electron chi connectivity index (χ4n) is 1.16. The van der Waals surface area contributed by atoms with E-state index in [9.17, 15) is 14.4 Å². The van der Waals surface area contributed by atoms with E-state index in [1.54, 1.807) is 0 Å². The molecule has 3 amide bonds. The first-order valence-electron chi connectivity index (χ1n) is 5.46. The summed E-state index contributed by atoms with van der Waals surface area (Å²) in [4.78, 5) is 34.0. The highest BCUT2D eigenvalue weighted by molar-refractivity contribution is 5.98. The molecule has 0 heterocycles. The number of ether oxygens (including phenoxy) is 1. The molecular formula is C12H14N2O5. The highest BCUT2D eigenvalue weighted by Crippen LogP contribution is 2.11. The van der Waals surface area contributed by atoms with Crippen LogP contribution in [-0.4, -0.2) is 36.2 Å². The molecule has 1 aromatic carbocycles. The number of rotatable bonds is 3. The molecule has 0 radical (unpaired) electrons. The number of amides is 3. The normalized spacial score (nSPS) is 11.3. The Morgan fingerprint density at radius 2 is 1.79 bits per heavy atom. The van der Waals surface area contributed by atoms with Crippen molar-refractivity contribution in [3.63, 3.8) is 0 Å². The van der Waals surface area contributed by atoms with Gasteiger partial charge in [0.1, 0.15) is 5.75 Å². The molecule has 7 nitrogen and oxygen atoms in total. The van der Waals surface area contributed by atoms with Crippen LogP contribution in [0.25, 0.3) is 0 Å². The standard InChI is InChI=1S/C12H14N2O5/c1-7(10(16)14-12(18)13-2)19-11(17)8-3-5-9(15)6-4-8/h3-7,15H,1-2H3,(H2,13,14,16,18)/t7-/m1/s1. The quantitative estimate of drug-likeness (QED) is 0.686. The summed E-state index contributed by atoms with van der Waals surface area (Å²) in [6.07, 6.45) is -1.11. The first kappa shape index (κ1) is 14.5. The number of urea groups is 1. The van der Waals surface area contributed by atoms with Gasteiger partial charge in [-0.25, -0.2) is 9.59 Å². The van der Waals surface area contributed by atoms with Gasteiger partial charge in [-0.2, -0.15) is 0 Å². The van der Waals surface area contributed by atoms with Crippen LogP contribution in [0.15, 0.2) is 24.3 Å². The van der Waals surface area contributed by atoms with E-state index in [4.69, 9.17) is 9.84 Å². The van der Waals surface area contributed by atoms with Crippen molar-refractivity contribution in [2.24, 2.45) is 0 Å². The second kappa shape index (κ2) is 6.39. The van der Waals surface area contributed by atoms with Gasteiger partial charge in [0.15, 0.2) is 6.10 Å². The van der Waals surface area contributed by atoms with E-state index in [1.165, 1.54) is 38.2 Å². The lowest BCUT2D eigenvalue weighted by Gasteiger charge is -2.12. The smallest absolute Gasteiger partial charge is 0.338 e. The number of imide groups is 1. The lowest BCUT2D eigenvalue weighted by molar-refractivity contribution is -0.127. The average molecular weight is 266 g/mol. The molecule has 0 spiro atoms. The number of phenols is 1. The van der Waals surface area contributed by atoms with E-state index in [1.807, 2.05) is 5.32 Å². The van der Waals surface area contributed by atoms with Crippen molar-refractivity contribution in [3.8, 4) is 5.75 Å². The van der Waals surface area contributed by atoms with Gasteiger partial charge in [-0.15, -0.1) is 0 Å². The fourth-order valence-corrected chi connectivity index (χ4v) is 1.16. The minimum Gasteiger partial charge on any atom is -0.508 e. The molecule has 3 N–H and O–H groups in total. The van der Waals surface area contributed by atoms with Gasteiger partial charge in [-0.1, -0.05) is 0 Å². The largest absolute Gasteiger partial charge is 0.508 e. The molecule has 0 aliphatic heterocycles. The summed E-state index contributed by atoms with van der Waals surface area (Å²) in [7, 11) is 1.36. The topological polar surface area (TPSA) is 105 Å². The molecule has 0 saturated carbocycles. The third-order valence-corrected chi connectivity index (χ3v) is 2.22. The first-order valence-corrected chi connectivity index (χ1v) is 5.46. The van der Waals surface area contributed by atoms with Crippen LogP contribution >= 0.6 is 0 Å². The van der Waals surface area contributed by atoms with Crippen LogP contribution in [0.3, 0.4) is 0 Å². The van der Waals surface area contributed by atoms with Gasteiger partial charge in [-0.05, 0) is 31.2 Å². The predicted molar refractivity (Wildman–Crippen MR) is 65.6 cm³/mol. The number of carbonyl (C=O) groups is 3. The molecule has 0 aromatic heterocycles. The maximum atomic E-state index is 11.6. The molecule has 1 rings (SSSR count). The summed E-state index contributed by atoms with van der Waals surface area (Å²) in [5.74, 6) is -1.44. The number of esters is 1. The van der Waals surface area contributed by atoms with E-state index in [0.717, 1.165) is 0 Å². The zero-order chi connectivity index (χ0) is 14.4. The van der Waals surface area contributed by atoms with Crippen molar-refractivity contribution < 1.29 is 24.2 Å². The van der Waals surface area contributed by atoms with Crippen LogP contribution in [-0.2, 0) is 9.53 Å². The van der Waals surface area contributed by atoms with Gasteiger partial charge in [0.05, 0.1) is 5.56 Å². The van der Waals surface area contributed by atoms with E-state index >= 15 is 0 Å². The number of hydrogen-bond donors (Lipinski definition) is 3. The molecule has 1 atom stereocenters. The SMILES string of the molecule is CNC(=O)NC(=O)[C@@H](C)OC(=O)c1ccc(O)cc1. The Labute approximate surface area is 109 Å². The van der Waals surface area contributed by atoms with Crippen LogP contribution in [0.1, 0.15) is 17.3 Å². The Balaban J connectivity index is 2.59. The zero-order valence-electron chi connectivity index (χ0n) is 10.5. The fraction of sp³-hybridized carbons (Fsp3) is 0.250. The summed E-state index contributed by atoms with van der Waals surface area (Å²) >= 11 is 0. The molecule has 0 saturated heterocycles. The summed E-state index contributed by atoms with van der Waals surface area (Å²) in [6, 6.07) is 4.69. The Morgan fingerprint density at radius 1 is 1.21 bits per heavy atom. The average Bonchev–Trinajstić information content (AvgIpc) is 2.38. The highest BCUT2D eigenvalue weighted by atomic mass is 16.5. The highest BCUT2D eigenvalue weighted by Gasteiger charge is 2.20. The molecule has 19 heavy (non-hydrogen) atoms. The van der Waals surface area contributed by atoms with Crippen molar-refractivity contribution in [2.45, 2.75) is 13.0 Å². The van der Waals surface area contributed by atoms with Gasteiger partial charge < -0.3 is 15.2 Å². The maximum Gasteiger partial charge on any atom is 0.338 e. The Morgan fingerprint density at radius 3 is 2.32 bits per heavy atom. The Hall–Kier alpha value is -2.57. The van der Waals surface area contributed by atoms with Gasteiger partial charge >= 0.3 is 12.0 Å². The second-order valence-electron chi connectivity index (χ2n) is 3.66. The van der Waals surface area contributed by atoms with Crippen LogP contribution in [0.2, 0.25) is 0 Å². The molecular weight excluding hydrogens is 252 g/mol. The van der Waals surface area contributed by atoms with Gasteiger partial charge in [0.2, 0.25) is 0 Å². The molecule has 0 aliphatic carbocycles. The number of aromatic hydroxyl groups is 1. The van der Waals surface area contributed by atoms with Crippen molar-refractivity contribution in [2.75, 3.05) is 7.05 Å². The molecule has 0 bridgehead atoms. The molecule has 102 valence electrons. The molecule has 0 unspecified atom stereocenters. The minimum atomic E-state index is -1.11. The lowest BCUT2D eigenvalue weighted by atomic mass is 10.2. The van der Waals surface area contributed by atoms with Crippen molar-refractivity contribution in [1.29, 1.82) is 0 Å². The second-order valence-corrected chi connectivity index (χ2v) is 3.66. The number of nitrogens with one attached hydrogen (secondary N) is 2. The van der Waals surface area contributed by atoms with E-state index in [-0.39, 0.29) is 11.3 Å². The van der Waals surface area contributed by atoms with Crippen LogP contribution < -0.4 is 10.6 Å². The molecule has 0 fully saturated rings. The number of carbonyl (C=O) groups excluding carboxylic acids is 3. The molecule has 0 aliphatic rings. The van der Waals surface area contributed by atoms with E-state index < -0.39 is 24.0 Å². The maximum absolute atomic E-state index is 11.6. The summed E-state index contributed by atoms with van der Waals surface area (Å²) < 4.78 is 4.87. The number of hydrogen-bond acceptors (Lipinski definition) is 5. The van der Waals surface area contributed by atoms with E-state index in [2.05, 4.69) is 5.32 Å². The third-order valence-electron chi connectivity index (χ3n) is 2.22. The van der Waals surface area contributed by atoms with Gasteiger partial charge in [0.25, 0.3) is 5.91 Å². The monoisotopic (exact) mass is 266 g/mol. The zero-order valence-corrected chi connectivity index (χ0v) is 10.5. The van der Waals surface area contributed by atoms with Crippen LogP contribution in [0.5, 0.6) is 5.75 Å². The Bertz CT molecular complexity index is 483. The predicted octanol–water partition coefficient (Wildman–Crippen LogP) is 0.393. The summed E-state index contributed by atoms with van der Waals surface area (Å²) in [6.45, 7) is 1.34. The minimum absolute atomic E-state index is 0.0157. The summed E-state index contributed by atoms with van der Waals surface area (Å²) in [5, 5.41) is 13.3. The van der Waals surface area contributed by atoms with Crippen molar-refractivity contribution in [3.05, 3.63) is 29.8 Å².